The predicted molar refractivity (Wildman–Crippen MR) is 91.2 cm³/mol. The van der Waals surface area contributed by atoms with E-state index in [0.717, 1.165) is 33.5 Å². The third kappa shape index (κ3) is 2.17. The molecule has 0 aliphatic carbocycles. The van der Waals surface area contributed by atoms with Gasteiger partial charge in [-0.2, -0.15) is 0 Å². The molecular weight excluding hydrogens is 294 g/mol. The molecule has 108 valence electrons. The lowest BCUT2D eigenvalue weighted by Crippen LogP contribution is -2.23. The van der Waals surface area contributed by atoms with E-state index in [0.29, 0.717) is 4.91 Å². The van der Waals surface area contributed by atoms with Gasteiger partial charge in [-0.1, -0.05) is 60.3 Å². The Kier molecular flexibility index (Phi) is 3.13. The number of carbonyl (C=O) groups is 1. The molecule has 1 atom stereocenters. The summed E-state index contributed by atoms with van der Waals surface area (Å²) in [5.41, 5.74) is 0.131. The second kappa shape index (κ2) is 5.16. The van der Waals surface area contributed by atoms with Crippen LogP contribution in [-0.2, 0) is 4.79 Å². The minimum absolute atomic E-state index is 0.227. The van der Waals surface area contributed by atoms with Crippen molar-refractivity contribution >= 4 is 45.3 Å². The van der Waals surface area contributed by atoms with E-state index in [4.69, 9.17) is 0 Å². The van der Waals surface area contributed by atoms with Crippen LogP contribution in [0.3, 0.4) is 0 Å². The lowest BCUT2D eigenvalue weighted by atomic mass is 9.97. The third-order valence-corrected chi connectivity index (χ3v) is 4.70. The molecule has 3 aromatic carbocycles. The average molecular weight is 307 g/mol. The van der Waals surface area contributed by atoms with E-state index in [9.17, 15) is 9.90 Å². The Hall–Kier alpha value is -2.30. The fourth-order valence-electron chi connectivity index (χ4n) is 2.83. The minimum atomic E-state index is -0.856. The van der Waals surface area contributed by atoms with Gasteiger partial charge in [-0.05, 0) is 39.3 Å². The Bertz CT molecular complexity index is 933. The standard InChI is InChI=1S/C18H13NO2S/c20-17-16(22-18(21)19-17)10-12-9-11-5-1-2-6-13(11)15-8-4-3-7-14(12)15/h1-10,18,21H,(H,19,20)/b16-10-. The number of hydrogen-bond acceptors (Lipinski definition) is 3. The Morgan fingerprint density at radius 1 is 1.00 bits per heavy atom. The zero-order valence-corrected chi connectivity index (χ0v) is 12.4. The zero-order valence-electron chi connectivity index (χ0n) is 11.6. The van der Waals surface area contributed by atoms with Crippen molar-refractivity contribution in [3.8, 4) is 0 Å². The fourth-order valence-corrected chi connectivity index (χ4v) is 3.60. The van der Waals surface area contributed by atoms with Crippen LogP contribution < -0.4 is 5.32 Å². The second-order valence-corrected chi connectivity index (χ2v) is 6.31. The molecule has 0 radical (unpaired) electrons. The molecule has 0 aromatic heterocycles. The van der Waals surface area contributed by atoms with Crippen molar-refractivity contribution in [2.75, 3.05) is 0 Å². The number of aliphatic hydroxyl groups excluding tert-OH is 1. The molecule has 0 saturated carbocycles. The number of rotatable bonds is 1. The van der Waals surface area contributed by atoms with E-state index in [1.807, 2.05) is 30.3 Å². The number of nitrogens with one attached hydrogen (secondary N) is 1. The van der Waals surface area contributed by atoms with Crippen LogP contribution >= 0.6 is 11.8 Å². The summed E-state index contributed by atoms with van der Waals surface area (Å²) in [6.45, 7) is 0. The third-order valence-electron chi connectivity index (χ3n) is 3.80. The highest BCUT2D eigenvalue weighted by atomic mass is 32.2. The summed E-state index contributed by atoms with van der Waals surface area (Å²) in [5, 5.41) is 16.6. The van der Waals surface area contributed by atoms with Gasteiger partial charge in [0.05, 0.1) is 4.91 Å². The van der Waals surface area contributed by atoms with Crippen molar-refractivity contribution in [3.63, 3.8) is 0 Å². The highest BCUT2D eigenvalue weighted by Gasteiger charge is 2.25. The van der Waals surface area contributed by atoms with E-state index in [1.54, 1.807) is 0 Å². The summed E-state index contributed by atoms with van der Waals surface area (Å²) in [7, 11) is 0. The first-order valence-electron chi connectivity index (χ1n) is 7.00. The van der Waals surface area contributed by atoms with Crippen molar-refractivity contribution in [1.82, 2.24) is 5.32 Å². The molecule has 0 spiro atoms. The first-order valence-corrected chi connectivity index (χ1v) is 7.88. The minimum Gasteiger partial charge on any atom is -0.364 e. The number of amides is 1. The molecule has 1 unspecified atom stereocenters. The van der Waals surface area contributed by atoms with E-state index in [1.165, 1.54) is 5.39 Å². The lowest BCUT2D eigenvalue weighted by Gasteiger charge is -2.08. The number of benzene rings is 3. The monoisotopic (exact) mass is 307 g/mol. The normalized spacial score (nSPS) is 20.0. The number of aliphatic hydroxyl groups is 1. The quantitative estimate of drug-likeness (QED) is 0.534. The molecule has 3 nitrogen and oxygen atoms in total. The van der Waals surface area contributed by atoms with E-state index >= 15 is 0 Å². The summed E-state index contributed by atoms with van der Waals surface area (Å²) in [5.74, 6) is -0.227. The Labute approximate surface area is 131 Å². The Morgan fingerprint density at radius 3 is 2.41 bits per heavy atom. The van der Waals surface area contributed by atoms with Crippen LogP contribution in [0.1, 0.15) is 5.56 Å². The molecule has 1 amide bonds. The first kappa shape index (κ1) is 13.4. The van der Waals surface area contributed by atoms with Crippen molar-refractivity contribution < 1.29 is 9.90 Å². The summed E-state index contributed by atoms with van der Waals surface area (Å²) >= 11 is 1.14. The zero-order chi connectivity index (χ0) is 15.1. The second-order valence-electron chi connectivity index (χ2n) is 5.18. The number of fused-ring (bicyclic) bond motifs is 3. The van der Waals surface area contributed by atoms with Crippen molar-refractivity contribution in [2.24, 2.45) is 0 Å². The smallest absolute Gasteiger partial charge is 0.260 e. The molecule has 4 rings (SSSR count). The van der Waals surface area contributed by atoms with Gasteiger partial charge in [0.2, 0.25) is 0 Å². The number of thioether (sulfide) groups is 1. The van der Waals surface area contributed by atoms with Crippen LogP contribution in [0.5, 0.6) is 0 Å². The van der Waals surface area contributed by atoms with Gasteiger partial charge in [-0.25, -0.2) is 0 Å². The van der Waals surface area contributed by atoms with Gasteiger partial charge >= 0.3 is 0 Å². The average Bonchev–Trinajstić information content (AvgIpc) is 2.85. The SMILES string of the molecule is O=C1NC(O)S/C1=C\c1cc2ccccc2c2ccccc12. The van der Waals surface area contributed by atoms with Crippen LogP contribution in [-0.4, -0.2) is 16.6 Å². The Balaban J connectivity index is 2.00. The van der Waals surface area contributed by atoms with Crippen molar-refractivity contribution in [1.29, 1.82) is 0 Å². The van der Waals surface area contributed by atoms with Crippen LogP contribution in [0, 0.1) is 0 Å². The fraction of sp³-hybridized carbons (Fsp3) is 0.0556. The van der Waals surface area contributed by atoms with E-state index in [-0.39, 0.29) is 5.91 Å². The van der Waals surface area contributed by atoms with Crippen LogP contribution in [0.25, 0.3) is 27.6 Å². The van der Waals surface area contributed by atoms with E-state index in [2.05, 4.69) is 35.6 Å². The summed E-state index contributed by atoms with van der Waals surface area (Å²) in [4.78, 5) is 12.4. The summed E-state index contributed by atoms with van der Waals surface area (Å²) in [6.07, 6.45) is 1.85. The van der Waals surface area contributed by atoms with Gasteiger partial charge in [0, 0.05) is 0 Å². The van der Waals surface area contributed by atoms with Crippen LogP contribution in [0.4, 0.5) is 0 Å². The topological polar surface area (TPSA) is 49.3 Å². The van der Waals surface area contributed by atoms with Crippen molar-refractivity contribution in [3.05, 3.63) is 65.1 Å². The molecule has 3 aromatic rings. The lowest BCUT2D eigenvalue weighted by molar-refractivity contribution is -0.117. The molecular formula is C18H13NO2S. The molecule has 4 heteroatoms. The first-order chi connectivity index (χ1) is 10.7. The van der Waals surface area contributed by atoms with Gasteiger partial charge < -0.3 is 10.4 Å². The molecule has 1 aliphatic rings. The maximum Gasteiger partial charge on any atom is 0.260 e. The van der Waals surface area contributed by atoms with Gasteiger partial charge in [-0.3, -0.25) is 4.79 Å². The molecule has 22 heavy (non-hydrogen) atoms. The maximum absolute atomic E-state index is 11.8. The van der Waals surface area contributed by atoms with Crippen LogP contribution in [0.15, 0.2) is 59.5 Å². The molecule has 1 heterocycles. The van der Waals surface area contributed by atoms with Gasteiger partial charge in [0.1, 0.15) is 0 Å². The Morgan fingerprint density at radius 2 is 1.68 bits per heavy atom. The molecule has 1 fully saturated rings. The predicted octanol–water partition coefficient (Wildman–Crippen LogP) is 3.47. The molecule has 1 saturated heterocycles. The molecule has 0 bridgehead atoms. The van der Waals surface area contributed by atoms with Gasteiger partial charge in [0.25, 0.3) is 5.91 Å². The number of carbonyl (C=O) groups excluding carboxylic acids is 1. The van der Waals surface area contributed by atoms with E-state index < -0.39 is 5.56 Å². The van der Waals surface area contributed by atoms with Gasteiger partial charge in [0.15, 0.2) is 5.56 Å². The number of hydrogen-bond donors (Lipinski definition) is 2. The summed E-state index contributed by atoms with van der Waals surface area (Å²) < 4.78 is 0. The highest BCUT2D eigenvalue weighted by Crippen LogP contribution is 2.33. The molecule has 1 aliphatic heterocycles. The maximum atomic E-state index is 11.8. The molecule has 2 N–H and O–H groups in total. The largest absolute Gasteiger partial charge is 0.364 e. The van der Waals surface area contributed by atoms with Gasteiger partial charge in [-0.15, -0.1) is 0 Å². The summed E-state index contributed by atoms with van der Waals surface area (Å²) in [6, 6.07) is 18.5. The highest BCUT2D eigenvalue weighted by molar-refractivity contribution is 8.05. The van der Waals surface area contributed by atoms with Crippen LogP contribution in [0.2, 0.25) is 0 Å². The van der Waals surface area contributed by atoms with Crippen molar-refractivity contribution in [2.45, 2.75) is 5.56 Å².